The Bertz CT molecular complexity index is 66.0. The third kappa shape index (κ3) is 12.6. The Kier molecular flexibility index (Phi) is 14.5. The molecule has 1 rings (SSSR count). The van der Waals surface area contributed by atoms with Gasteiger partial charge >= 0.3 is 0 Å². The lowest BCUT2D eigenvalue weighted by Crippen LogP contribution is -1.78. The first-order valence-corrected chi connectivity index (χ1v) is 4.39. The molecule has 0 atom stereocenters. The summed E-state index contributed by atoms with van der Waals surface area (Å²) in [6.45, 7) is 6.09. The summed E-state index contributed by atoms with van der Waals surface area (Å²) < 4.78 is 0. The molecule has 2 heteroatoms. The molecule has 0 amide bonds. The van der Waals surface area contributed by atoms with Crippen molar-refractivity contribution in [3.8, 4) is 0 Å². The summed E-state index contributed by atoms with van der Waals surface area (Å²) >= 11 is 0. The Morgan fingerprint density at radius 3 is 1.64 bits per heavy atom. The second kappa shape index (κ2) is 12.2. The van der Waals surface area contributed by atoms with Crippen LogP contribution in [0.5, 0.6) is 0 Å². The average molecular weight is 160 g/mol. The van der Waals surface area contributed by atoms with Gasteiger partial charge in [-0.25, -0.2) is 0 Å². The van der Waals surface area contributed by atoms with Crippen molar-refractivity contribution in [2.45, 2.75) is 46.5 Å². The van der Waals surface area contributed by atoms with E-state index in [0.29, 0.717) is 0 Å². The predicted molar refractivity (Wildman–Crippen MR) is 47.7 cm³/mol. The highest BCUT2D eigenvalue weighted by atomic mass is 16.3. The highest BCUT2D eigenvalue weighted by Gasteiger charge is 2.07. The lowest BCUT2D eigenvalue weighted by atomic mass is 10.2. The van der Waals surface area contributed by atoms with Gasteiger partial charge in [0.15, 0.2) is 0 Å². The molecule has 0 aromatic heterocycles. The molecule has 1 N–H and O–H groups in total. The Hall–Kier alpha value is -0.530. The molecule has 1 aliphatic carbocycles. The summed E-state index contributed by atoms with van der Waals surface area (Å²) in [5, 5.41) is 6.89. The van der Waals surface area contributed by atoms with Crippen molar-refractivity contribution in [3.63, 3.8) is 0 Å². The molecule has 1 aliphatic rings. The van der Waals surface area contributed by atoms with Crippen LogP contribution in [0.15, 0.2) is 0 Å². The van der Waals surface area contributed by atoms with Gasteiger partial charge in [-0.15, -0.1) is 0 Å². The molecule has 0 bridgehead atoms. The van der Waals surface area contributed by atoms with Crippen molar-refractivity contribution < 1.29 is 9.90 Å². The van der Waals surface area contributed by atoms with E-state index in [1.807, 2.05) is 13.8 Å². The third-order valence-corrected chi connectivity index (χ3v) is 1.64. The largest absolute Gasteiger partial charge is 0.483 e. The normalized spacial score (nSPS) is 15.5. The van der Waals surface area contributed by atoms with Gasteiger partial charge in [0.1, 0.15) is 0 Å². The maximum Gasteiger partial charge on any atom is 0.290 e. The zero-order valence-corrected chi connectivity index (χ0v) is 7.84. The molecule has 0 aromatic carbocycles. The van der Waals surface area contributed by atoms with Crippen LogP contribution in [0.25, 0.3) is 0 Å². The van der Waals surface area contributed by atoms with Crippen molar-refractivity contribution in [1.29, 1.82) is 0 Å². The van der Waals surface area contributed by atoms with E-state index < -0.39 is 0 Å². The fourth-order valence-corrected chi connectivity index (χ4v) is 1.13. The summed E-state index contributed by atoms with van der Waals surface area (Å²) in [7, 11) is 0. The van der Waals surface area contributed by atoms with Gasteiger partial charge in [-0.1, -0.05) is 46.5 Å². The molecule has 11 heavy (non-hydrogen) atoms. The van der Waals surface area contributed by atoms with Crippen LogP contribution in [0.1, 0.15) is 46.5 Å². The minimum atomic E-state index is -0.250. The van der Waals surface area contributed by atoms with Crippen LogP contribution in [-0.4, -0.2) is 11.6 Å². The lowest BCUT2D eigenvalue weighted by molar-refractivity contribution is -0.122. The Balaban J connectivity index is 0. The van der Waals surface area contributed by atoms with E-state index in [4.69, 9.17) is 9.90 Å². The first-order chi connectivity index (χ1) is 5.31. The van der Waals surface area contributed by atoms with E-state index >= 15 is 0 Å². The van der Waals surface area contributed by atoms with Crippen LogP contribution in [0.2, 0.25) is 0 Å². The fourth-order valence-electron chi connectivity index (χ4n) is 1.13. The molecule has 68 valence electrons. The lowest BCUT2D eigenvalue weighted by Gasteiger charge is -1.91. The van der Waals surface area contributed by atoms with Crippen LogP contribution < -0.4 is 0 Å². The molecule has 0 aliphatic heterocycles. The molecule has 0 saturated heterocycles. The van der Waals surface area contributed by atoms with Gasteiger partial charge < -0.3 is 5.11 Å². The fraction of sp³-hybridized carbons (Fsp3) is 0.889. The van der Waals surface area contributed by atoms with Gasteiger partial charge in [0.25, 0.3) is 6.47 Å². The minimum Gasteiger partial charge on any atom is -0.483 e. The molecule has 0 aromatic rings. The molecular formula is C9H20O2. The van der Waals surface area contributed by atoms with E-state index in [9.17, 15) is 0 Å². The second-order valence-corrected chi connectivity index (χ2v) is 2.50. The molecule has 0 radical (unpaired) electrons. The molecule has 0 heterocycles. The van der Waals surface area contributed by atoms with Crippen LogP contribution in [-0.2, 0) is 4.79 Å². The standard InChI is InChI=1S/C6H12.C2H6.CH2O2/c1-6-4-2-3-5-6;1-2;2-1-3/h6H,2-5H2,1H3;1-2H3;1H,(H,2,3). The van der Waals surface area contributed by atoms with E-state index in [2.05, 4.69) is 6.92 Å². The average Bonchev–Trinajstić information content (AvgIpc) is 2.46. The number of carboxylic acid groups (broad SMARTS) is 1. The molecule has 1 saturated carbocycles. The minimum absolute atomic E-state index is 0.250. The van der Waals surface area contributed by atoms with Crippen molar-refractivity contribution >= 4 is 6.47 Å². The summed E-state index contributed by atoms with van der Waals surface area (Å²) in [6, 6.07) is 0. The van der Waals surface area contributed by atoms with E-state index in [0.717, 1.165) is 5.92 Å². The Morgan fingerprint density at radius 1 is 1.27 bits per heavy atom. The summed E-state index contributed by atoms with van der Waals surface area (Å²) in [4.78, 5) is 8.36. The van der Waals surface area contributed by atoms with E-state index in [-0.39, 0.29) is 6.47 Å². The van der Waals surface area contributed by atoms with Crippen molar-refractivity contribution in [2.75, 3.05) is 0 Å². The van der Waals surface area contributed by atoms with Crippen LogP contribution in [0.4, 0.5) is 0 Å². The van der Waals surface area contributed by atoms with Crippen molar-refractivity contribution in [2.24, 2.45) is 5.92 Å². The summed E-state index contributed by atoms with van der Waals surface area (Å²) in [5.74, 6) is 1.05. The van der Waals surface area contributed by atoms with E-state index in [1.54, 1.807) is 0 Å². The number of hydrogen-bond donors (Lipinski definition) is 1. The topological polar surface area (TPSA) is 37.3 Å². The van der Waals surface area contributed by atoms with Gasteiger partial charge in [0.05, 0.1) is 0 Å². The predicted octanol–water partition coefficient (Wildman–Crippen LogP) is 2.92. The Morgan fingerprint density at radius 2 is 1.55 bits per heavy atom. The van der Waals surface area contributed by atoms with Crippen molar-refractivity contribution in [1.82, 2.24) is 0 Å². The van der Waals surface area contributed by atoms with Crippen LogP contribution in [0, 0.1) is 5.92 Å². The molecular weight excluding hydrogens is 140 g/mol. The molecule has 2 nitrogen and oxygen atoms in total. The smallest absolute Gasteiger partial charge is 0.290 e. The monoisotopic (exact) mass is 160 g/mol. The zero-order chi connectivity index (χ0) is 9.11. The van der Waals surface area contributed by atoms with Gasteiger partial charge in [-0.3, -0.25) is 4.79 Å². The zero-order valence-electron chi connectivity index (χ0n) is 7.84. The maximum absolute atomic E-state index is 8.36. The van der Waals surface area contributed by atoms with Crippen molar-refractivity contribution in [3.05, 3.63) is 0 Å². The molecule has 1 fully saturated rings. The van der Waals surface area contributed by atoms with Gasteiger partial charge in [-0.05, 0) is 5.92 Å². The van der Waals surface area contributed by atoms with Crippen LogP contribution in [0.3, 0.4) is 0 Å². The van der Waals surface area contributed by atoms with E-state index in [1.165, 1.54) is 25.7 Å². The third-order valence-electron chi connectivity index (χ3n) is 1.64. The van der Waals surface area contributed by atoms with Gasteiger partial charge in [0.2, 0.25) is 0 Å². The highest BCUT2D eigenvalue weighted by Crippen LogP contribution is 2.22. The molecule has 0 unspecified atom stereocenters. The maximum atomic E-state index is 8.36. The number of hydrogen-bond acceptors (Lipinski definition) is 1. The highest BCUT2D eigenvalue weighted by molar-refractivity contribution is 5.32. The van der Waals surface area contributed by atoms with Gasteiger partial charge in [-0.2, -0.15) is 0 Å². The second-order valence-electron chi connectivity index (χ2n) is 2.50. The number of carbonyl (C=O) groups is 1. The number of rotatable bonds is 0. The first-order valence-electron chi connectivity index (χ1n) is 4.39. The SMILES string of the molecule is CC.CC1CCCC1.O=CO. The Labute approximate surface area is 69.6 Å². The van der Waals surface area contributed by atoms with Crippen LogP contribution >= 0.6 is 0 Å². The summed E-state index contributed by atoms with van der Waals surface area (Å²) in [6.07, 6.45) is 5.95. The van der Waals surface area contributed by atoms with Gasteiger partial charge in [0, 0.05) is 0 Å². The molecule has 0 spiro atoms. The first kappa shape index (κ1) is 13.1. The quantitative estimate of drug-likeness (QED) is 0.553. The summed E-state index contributed by atoms with van der Waals surface area (Å²) in [5.41, 5.74) is 0.